The number of aryl methyl sites for hydroxylation is 1. The summed E-state index contributed by atoms with van der Waals surface area (Å²) < 4.78 is 9.05. The van der Waals surface area contributed by atoms with Gasteiger partial charge in [0.2, 0.25) is 0 Å². The molecule has 5 heteroatoms. The maximum Gasteiger partial charge on any atom is 0.0789 e. The van der Waals surface area contributed by atoms with E-state index in [0.29, 0.717) is 6.10 Å². The Labute approximate surface area is 111 Å². The smallest absolute Gasteiger partial charge is 0.0789 e. The van der Waals surface area contributed by atoms with Crippen molar-refractivity contribution in [1.82, 2.24) is 15.1 Å². The van der Waals surface area contributed by atoms with E-state index < -0.39 is 0 Å². The van der Waals surface area contributed by atoms with Crippen molar-refractivity contribution >= 4 is 15.9 Å². The summed E-state index contributed by atoms with van der Waals surface area (Å²) >= 11 is 3.58. The maximum atomic E-state index is 5.97. The SMILES string of the molecule is CCn1ncc(Br)c1C(NC)C1CCC(C)O1. The summed E-state index contributed by atoms with van der Waals surface area (Å²) in [6.45, 7) is 5.12. The molecule has 0 aliphatic carbocycles. The van der Waals surface area contributed by atoms with Crippen LogP contribution in [0.1, 0.15) is 38.4 Å². The zero-order valence-corrected chi connectivity index (χ0v) is 12.2. The van der Waals surface area contributed by atoms with Crippen molar-refractivity contribution in [2.24, 2.45) is 0 Å². The first kappa shape index (κ1) is 13.1. The highest BCUT2D eigenvalue weighted by atomic mass is 79.9. The highest BCUT2D eigenvalue weighted by molar-refractivity contribution is 9.10. The van der Waals surface area contributed by atoms with Crippen LogP contribution in [-0.4, -0.2) is 29.0 Å². The van der Waals surface area contributed by atoms with E-state index in [-0.39, 0.29) is 12.1 Å². The Bertz CT molecular complexity index is 380. The molecule has 0 aromatic carbocycles. The van der Waals surface area contributed by atoms with E-state index >= 15 is 0 Å². The van der Waals surface area contributed by atoms with Gasteiger partial charge in [-0.05, 0) is 49.7 Å². The van der Waals surface area contributed by atoms with Gasteiger partial charge < -0.3 is 10.1 Å². The van der Waals surface area contributed by atoms with Crippen molar-refractivity contribution in [2.45, 2.75) is 51.5 Å². The molecule has 96 valence electrons. The van der Waals surface area contributed by atoms with Crippen molar-refractivity contribution in [3.8, 4) is 0 Å². The lowest BCUT2D eigenvalue weighted by molar-refractivity contribution is 0.0312. The molecular weight excluding hydrogens is 282 g/mol. The molecule has 2 rings (SSSR count). The van der Waals surface area contributed by atoms with Crippen LogP contribution in [0, 0.1) is 0 Å². The highest BCUT2D eigenvalue weighted by Crippen LogP contribution is 2.33. The van der Waals surface area contributed by atoms with Gasteiger partial charge in [0.1, 0.15) is 0 Å². The van der Waals surface area contributed by atoms with E-state index in [2.05, 4.69) is 40.2 Å². The van der Waals surface area contributed by atoms with Gasteiger partial charge in [-0.25, -0.2) is 0 Å². The van der Waals surface area contributed by atoms with Gasteiger partial charge in [0, 0.05) is 6.54 Å². The van der Waals surface area contributed by atoms with Crippen LogP contribution in [0.3, 0.4) is 0 Å². The number of rotatable bonds is 4. The quantitative estimate of drug-likeness (QED) is 0.929. The Balaban J connectivity index is 2.25. The Morgan fingerprint density at radius 3 is 2.94 bits per heavy atom. The Kier molecular flexibility index (Phi) is 4.22. The number of hydrogen-bond acceptors (Lipinski definition) is 3. The molecule has 0 radical (unpaired) electrons. The van der Waals surface area contributed by atoms with Gasteiger partial charge in [-0.1, -0.05) is 0 Å². The van der Waals surface area contributed by atoms with E-state index in [1.807, 2.05) is 17.9 Å². The van der Waals surface area contributed by atoms with E-state index in [1.165, 1.54) is 5.69 Å². The van der Waals surface area contributed by atoms with Crippen LogP contribution < -0.4 is 5.32 Å². The molecule has 4 nitrogen and oxygen atoms in total. The van der Waals surface area contributed by atoms with Gasteiger partial charge >= 0.3 is 0 Å². The fraction of sp³-hybridized carbons (Fsp3) is 0.750. The van der Waals surface area contributed by atoms with E-state index in [4.69, 9.17) is 4.74 Å². The minimum Gasteiger partial charge on any atom is -0.373 e. The third-order valence-corrected chi connectivity index (χ3v) is 3.99. The molecule has 0 saturated carbocycles. The second-order valence-corrected chi connectivity index (χ2v) is 5.38. The average molecular weight is 302 g/mol. The standard InChI is InChI=1S/C12H20BrN3O/c1-4-16-12(9(13)7-15-16)11(14-3)10-6-5-8(2)17-10/h7-8,10-11,14H,4-6H2,1-3H3. The van der Waals surface area contributed by atoms with Crippen LogP contribution in [0.5, 0.6) is 0 Å². The number of nitrogens with zero attached hydrogens (tertiary/aromatic N) is 2. The minimum atomic E-state index is 0.205. The summed E-state index contributed by atoms with van der Waals surface area (Å²) in [6.07, 6.45) is 4.72. The predicted molar refractivity (Wildman–Crippen MR) is 71.0 cm³/mol. The second-order valence-electron chi connectivity index (χ2n) is 4.52. The van der Waals surface area contributed by atoms with Gasteiger partial charge in [0.15, 0.2) is 0 Å². The molecule has 1 aromatic heterocycles. The number of ether oxygens (including phenoxy) is 1. The Hall–Kier alpha value is -0.390. The zero-order chi connectivity index (χ0) is 12.4. The van der Waals surface area contributed by atoms with Crippen molar-refractivity contribution in [3.63, 3.8) is 0 Å². The first-order valence-corrected chi connectivity index (χ1v) is 7.00. The van der Waals surface area contributed by atoms with Crippen molar-refractivity contribution in [3.05, 3.63) is 16.4 Å². The number of nitrogens with one attached hydrogen (secondary N) is 1. The van der Waals surface area contributed by atoms with Crippen LogP contribution in [0.4, 0.5) is 0 Å². The molecule has 1 saturated heterocycles. The third kappa shape index (κ3) is 2.56. The second kappa shape index (κ2) is 5.50. The molecule has 3 unspecified atom stereocenters. The first-order chi connectivity index (χ1) is 8.17. The highest BCUT2D eigenvalue weighted by Gasteiger charge is 2.32. The summed E-state index contributed by atoms with van der Waals surface area (Å²) in [5, 5.41) is 7.73. The number of aromatic nitrogens is 2. The molecule has 2 heterocycles. The molecule has 0 bridgehead atoms. The lowest BCUT2D eigenvalue weighted by Gasteiger charge is -2.24. The summed E-state index contributed by atoms with van der Waals surface area (Å²) in [7, 11) is 1.98. The van der Waals surface area contributed by atoms with Crippen molar-refractivity contribution < 1.29 is 4.74 Å². The van der Waals surface area contributed by atoms with Gasteiger partial charge in [-0.2, -0.15) is 5.10 Å². The first-order valence-electron chi connectivity index (χ1n) is 6.21. The normalized spacial score (nSPS) is 26.4. The zero-order valence-electron chi connectivity index (χ0n) is 10.6. The summed E-state index contributed by atoms with van der Waals surface area (Å²) in [5.74, 6) is 0. The lowest BCUT2D eigenvalue weighted by atomic mass is 10.0. The van der Waals surface area contributed by atoms with Crippen LogP contribution in [0.25, 0.3) is 0 Å². The van der Waals surface area contributed by atoms with E-state index in [9.17, 15) is 0 Å². The largest absolute Gasteiger partial charge is 0.373 e. The molecule has 3 atom stereocenters. The van der Waals surface area contributed by atoms with Crippen molar-refractivity contribution in [2.75, 3.05) is 7.05 Å². The topological polar surface area (TPSA) is 39.1 Å². The lowest BCUT2D eigenvalue weighted by Crippen LogP contribution is -2.32. The van der Waals surface area contributed by atoms with E-state index in [1.54, 1.807) is 0 Å². The molecular formula is C12H20BrN3O. The molecule has 1 fully saturated rings. The van der Waals surface area contributed by atoms with E-state index in [0.717, 1.165) is 23.9 Å². The minimum absolute atomic E-state index is 0.205. The number of likely N-dealkylation sites (N-methyl/N-ethyl adjacent to an activating group) is 1. The van der Waals surface area contributed by atoms with Crippen LogP contribution in [0.15, 0.2) is 10.7 Å². The number of hydrogen-bond donors (Lipinski definition) is 1. The molecule has 1 aliphatic heterocycles. The molecule has 1 aliphatic rings. The Morgan fingerprint density at radius 1 is 1.65 bits per heavy atom. The van der Waals surface area contributed by atoms with Gasteiger partial charge in [-0.3, -0.25) is 4.68 Å². The van der Waals surface area contributed by atoms with Crippen molar-refractivity contribution in [1.29, 1.82) is 0 Å². The predicted octanol–water partition coefficient (Wildman–Crippen LogP) is 2.49. The van der Waals surface area contributed by atoms with Crippen LogP contribution in [0.2, 0.25) is 0 Å². The third-order valence-electron chi connectivity index (χ3n) is 3.37. The van der Waals surface area contributed by atoms with Crippen LogP contribution in [-0.2, 0) is 11.3 Å². The summed E-state index contributed by atoms with van der Waals surface area (Å²) in [4.78, 5) is 0. The van der Waals surface area contributed by atoms with Gasteiger partial charge in [-0.15, -0.1) is 0 Å². The molecule has 1 N–H and O–H groups in total. The molecule has 0 spiro atoms. The molecule has 1 aromatic rings. The molecule has 0 amide bonds. The Morgan fingerprint density at radius 2 is 2.41 bits per heavy atom. The average Bonchev–Trinajstić information content (AvgIpc) is 2.89. The van der Waals surface area contributed by atoms with Gasteiger partial charge in [0.25, 0.3) is 0 Å². The monoisotopic (exact) mass is 301 g/mol. The van der Waals surface area contributed by atoms with Gasteiger partial charge in [0.05, 0.1) is 34.6 Å². The fourth-order valence-corrected chi connectivity index (χ4v) is 3.05. The number of halogens is 1. The fourth-order valence-electron chi connectivity index (χ4n) is 2.51. The summed E-state index contributed by atoms with van der Waals surface area (Å²) in [6, 6.07) is 0.205. The van der Waals surface area contributed by atoms with Crippen LogP contribution >= 0.6 is 15.9 Å². The summed E-state index contributed by atoms with van der Waals surface area (Å²) in [5.41, 5.74) is 1.19. The molecule has 17 heavy (non-hydrogen) atoms. The maximum absolute atomic E-state index is 5.97.